The van der Waals surface area contributed by atoms with E-state index in [0.29, 0.717) is 34.5 Å². The average Bonchev–Trinajstić information content (AvgIpc) is 2.98. The molecule has 1 heterocycles. The van der Waals surface area contributed by atoms with Crippen LogP contribution < -0.4 is 4.74 Å². The Balaban J connectivity index is 2.05. The van der Waals surface area contributed by atoms with Crippen LogP contribution in [0, 0.1) is 0 Å². The maximum absolute atomic E-state index is 11.9. The van der Waals surface area contributed by atoms with Gasteiger partial charge in [-0.15, -0.1) is 0 Å². The third kappa shape index (κ3) is 2.76. The minimum Gasteiger partial charge on any atom is -0.488 e. The zero-order chi connectivity index (χ0) is 17.1. The van der Waals surface area contributed by atoms with E-state index in [2.05, 4.69) is 0 Å². The smallest absolute Gasteiger partial charge is 0.354 e. The van der Waals surface area contributed by atoms with Gasteiger partial charge < -0.3 is 14.0 Å². The second kappa shape index (κ2) is 6.58. The summed E-state index contributed by atoms with van der Waals surface area (Å²) < 4.78 is 12.4. The van der Waals surface area contributed by atoms with E-state index < -0.39 is 5.97 Å². The van der Waals surface area contributed by atoms with Crippen LogP contribution in [0.15, 0.2) is 48.5 Å². The molecular formula is C19H17NO4. The highest BCUT2D eigenvalue weighted by Gasteiger charge is 2.18. The Morgan fingerprint density at radius 3 is 2.58 bits per heavy atom. The van der Waals surface area contributed by atoms with E-state index in [1.165, 1.54) is 7.11 Å². The lowest BCUT2D eigenvalue weighted by atomic mass is 10.1. The van der Waals surface area contributed by atoms with Crippen LogP contribution in [-0.2, 0) is 18.4 Å². The number of aromatic nitrogens is 1. The minimum absolute atomic E-state index is 0.367. The number of rotatable bonds is 5. The molecule has 0 fully saturated rings. The molecule has 0 atom stereocenters. The van der Waals surface area contributed by atoms with E-state index in [9.17, 15) is 9.59 Å². The summed E-state index contributed by atoms with van der Waals surface area (Å²) in [6, 6.07) is 14.9. The van der Waals surface area contributed by atoms with Crippen molar-refractivity contribution in [1.29, 1.82) is 0 Å². The van der Waals surface area contributed by atoms with Crippen molar-refractivity contribution in [3.05, 3.63) is 65.4 Å². The molecule has 0 aliphatic rings. The molecule has 122 valence electrons. The Labute approximate surface area is 139 Å². The van der Waals surface area contributed by atoms with Gasteiger partial charge >= 0.3 is 5.97 Å². The van der Waals surface area contributed by atoms with Gasteiger partial charge in [-0.25, -0.2) is 4.79 Å². The van der Waals surface area contributed by atoms with Crippen LogP contribution in [0.3, 0.4) is 0 Å². The number of methoxy groups -OCH3 is 1. The lowest BCUT2D eigenvalue weighted by Gasteiger charge is -2.09. The largest absolute Gasteiger partial charge is 0.488 e. The quantitative estimate of drug-likeness (QED) is 0.534. The van der Waals surface area contributed by atoms with Crippen molar-refractivity contribution in [3.8, 4) is 5.75 Å². The predicted molar refractivity (Wildman–Crippen MR) is 90.4 cm³/mol. The first-order chi connectivity index (χ1) is 11.7. The molecule has 0 bridgehead atoms. The molecule has 0 N–H and O–H groups in total. The van der Waals surface area contributed by atoms with Crippen molar-refractivity contribution in [2.75, 3.05) is 7.11 Å². The third-order valence-electron chi connectivity index (χ3n) is 3.94. The van der Waals surface area contributed by atoms with Gasteiger partial charge in [-0.05, 0) is 23.8 Å². The fourth-order valence-electron chi connectivity index (χ4n) is 2.73. The zero-order valence-corrected chi connectivity index (χ0v) is 13.5. The van der Waals surface area contributed by atoms with Gasteiger partial charge in [0.15, 0.2) is 6.29 Å². The van der Waals surface area contributed by atoms with Gasteiger partial charge in [0.05, 0.1) is 12.6 Å². The van der Waals surface area contributed by atoms with Crippen molar-refractivity contribution in [2.24, 2.45) is 7.05 Å². The Morgan fingerprint density at radius 2 is 1.92 bits per heavy atom. The lowest BCUT2D eigenvalue weighted by Crippen LogP contribution is -2.07. The standard InChI is InChI=1S/C19H17NO4/c1-20-16(19(22)23-2)10-15-17(9-8-14(11-21)18(15)20)24-12-13-6-4-3-5-7-13/h3-11H,12H2,1-2H3. The summed E-state index contributed by atoms with van der Waals surface area (Å²) in [6.07, 6.45) is 0.768. The van der Waals surface area contributed by atoms with Crippen LogP contribution in [-0.4, -0.2) is 23.9 Å². The summed E-state index contributed by atoms with van der Waals surface area (Å²) >= 11 is 0. The summed E-state index contributed by atoms with van der Waals surface area (Å²) in [7, 11) is 3.05. The molecule has 5 heteroatoms. The number of carbonyl (C=O) groups is 2. The summed E-state index contributed by atoms with van der Waals surface area (Å²) in [5.41, 5.74) is 2.55. The number of hydrogen-bond acceptors (Lipinski definition) is 4. The molecule has 0 aliphatic carbocycles. The second-order valence-corrected chi connectivity index (χ2v) is 5.39. The van der Waals surface area contributed by atoms with Crippen LogP contribution in [0.4, 0.5) is 0 Å². The summed E-state index contributed by atoms with van der Waals surface area (Å²) in [5, 5.41) is 0.707. The number of hydrogen-bond donors (Lipinski definition) is 0. The molecule has 0 amide bonds. The number of aryl methyl sites for hydroxylation is 1. The molecular weight excluding hydrogens is 306 g/mol. The first-order valence-corrected chi connectivity index (χ1v) is 7.48. The van der Waals surface area contributed by atoms with E-state index in [-0.39, 0.29) is 0 Å². The first-order valence-electron chi connectivity index (χ1n) is 7.48. The third-order valence-corrected chi connectivity index (χ3v) is 3.94. The van der Waals surface area contributed by atoms with Crippen LogP contribution in [0.5, 0.6) is 5.75 Å². The van der Waals surface area contributed by atoms with Crippen LogP contribution in [0.2, 0.25) is 0 Å². The van der Waals surface area contributed by atoms with Gasteiger partial charge in [0, 0.05) is 18.0 Å². The molecule has 5 nitrogen and oxygen atoms in total. The highest BCUT2D eigenvalue weighted by Crippen LogP contribution is 2.31. The molecule has 2 aromatic carbocycles. The molecule has 0 saturated carbocycles. The van der Waals surface area contributed by atoms with Crippen LogP contribution >= 0.6 is 0 Å². The normalized spacial score (nSPS) is 10.6. The number of nitrogens with zero attached hydrogens (tertiary/aromatic N) is 1. The lowest BCUT2D eigenvalue weighted by molar-refractivity contribution is 0.0590. The van der Waals surface area contributed by atoms with Gasteiger partial charge in [0.1, 0.15) is 18.1 Å². The molecule has 24 heavy (non-hydrogen) atoms. The van der Waals surface area contributed by atoms with Gasteiger partial charge in [-0.2, -0.15) is 0 Å². The van der Waals surface area contributed by atoms with Gasteiger partial charge in [-0.3, -0.25) is 4.79 Å². The topological polar surface area (TPSA) is 57.5 Å². The number of carbonyl (C=O) groups excluding carboxylic acids is 2. The predicted octanol–water partition coefficient (Wildman–Crippen LogP) is 3.36. The fraction of sp³-hybridized carbons (Fsp3) is 0.158. The molecule has 0 aliphatic heterocycles. The summed E-state index contributed by atoms with van der Waals surface area (Å²) in [5.74, 6) is 0.157. The van der Waals surface area contributed by atoms with Crippen molar-refractivity contribution in [3.63, 3.8) is 0 Å². The van der Waals surface area contributed by atoms with Crippen LogP contribution in [0.25, 0.3) is 10.9 Å². The summed E-state index contributed by atoms with van der Waals surface area (Å²) in [6.45, 7) is 0.402. The maximum Gasteiger partial charge on any atom is 0.354 e. The Kier molecular flexibility index (Phi) is 4.33. The molecule has 0 spiro atoms. The van der Waals surface area contributed by atoms with E-state index >= 15 is 0 Å². The highest BCUT2D eigenvalue weighted by molar-refractivity contribution is 6.04. The molecule has 0 radical (unpaired) electrons. The van der Waals surface area contributed by atoms with Crippen molar-refractivity contribution in [2.45, 2.75) is 6.61 Å². The SMILES string of the molecule is COC(=O)c1cc2c(OCc3ccccc3)ccc(C=O)c2n1C. The first kappa shape index (κ1) is 15.8. The van der Waals surface area contributed by atoms with E-state index in [1.807, 2.05) is 30.3 Å². The van der Waals surface area contributed by atoms with Crippen molar-refractivity contribution in [1.82, 2.24) is 4.57 Å². The molecule has 0 saturated heterocycles. The average molecular weight is 323 g/mol. The van der Waals surface area contributed by atoms with E-state index in [0.717, 1.165) is 11.8 Å². The molecule has 1 aromatic heterocycles. The van der Waals surface area contributed by atoms with E-state index in [4.69, 9.17) is 9.47 Å². The monoisotopic (exact) mass is 323 g/mol. The van der Waals surface area contributed by atoms with Gasteiger partial charge in [0.25, 0.3) is 0 Å². The Hall–Kier alpha value is -3.08. The number of fused-ring (bicyclic) bond motifs is 1. The minimum atomic E-state index is -0.459. The highest BCUT2D eigenvalue weighted by atomic mass is 16.5. The van der Waals surface area contributed by atoms with Crippen molar-refractivity contribution < 1.29 is 19.1 Å². The zero-order valence-electron chi connectivity index (χ0n) is 13.5. The van der Waals surface area contributed by atoms with Gasteiger partial charge in [0.2, 0.25) is 0 Å². The molecule has 3 rings (SSSR count). The summed E-state index contributed by atoms with van der Waals surface area (Å²) in [4.78, 5) is 23.3. The number of aldehydes is 1. The number of esters is 1. The van der Waals surface area contributed by atoms with Crippen molar-refractivity contribution >= 4 is 23.2 Å². The Morgan fingerprint density at radius 1 is 1.17 bits per heavy atom. The van der Waals surface area contributed by atoms with Crippen LogP contribution in [0.1, 0.15) is 26.4 Å². The number of benzene rings is 2. The van der Waals surface area contributed by atoms with E-state index in [1.54, 1.807) is 29.8 Å². The van der Waals surface area contributed by atoms with Gasteiger partial charge in [-0.1, -0.05) is 30.3 Å². The second-order valence-electron chi connectivity index (χ2n) is 5.39. The number of ether oxygens (including phenoxy) is 2. The Bertz CT molecular complexity index is 897. The molecule has 0 unspecified atom stereocenters. The maximum atomic E-state index is 11.9. The fourth-order valence-corrected chi connectivity index (χ4v) is 2.73. The molecule has 3 aromatic rings.